The summed E-state index contributed by atoms with van der Waals surface area (Å²) in [4.78, 5) is 25.7. The lowest BCUT2D eigenvalue weighted by Crippen LogP contribution is -2.54. The molecular weight excluding hydrogens is 382 g/mol. The number of rotatable bonds is 4. The van der Waals surface area contributed by atoms with Gasteiger partial charge in [-0.05, 0) is 43.2 Å². The number of hydrogen-bond donors (Lipinski definition) is 4. The molecule has 1 fully saturated rings. The molecule has 0 spiro atoms. The molecule has 1 saturated heterocycles. The van der Waals surface area contributed by atoms with E-state index in [2.05, 4.69) is 17.2 Å². The number of hydroxylamine groups is 1. The Hall–Kier alpha value is -3.34. The average molecular weight is 407 g/mol. The lowest BCUT2D eigenvalue weighted by molar-refractivity contribution is -0.133. The van der Waals surface area contributed by atoms with Crippen molar-refractivity contribution in [3.05, 3.63) is 71.3 Å². The topological polar surface area (TPSA) is 102 Å². The van der Waals surface area contributed by atoms with Crippen LogP contribution in [0, 0.1) is 11.8 Å². The molecule has 7 nitrogen and oxygen atoms in total. The number of carbonyl (C=O) groups is 2. The summed E-state index contributed by atoms with van der Waals surface area (Å²) in [5, 5.41) is 20.9. The Morgan fingerprint density at radius 1 is 1.07 bits per heavy atom. The first-order valence-corrected chi connectivity index (χ1v) is 9.82. The number of hydrogen-bond acceptors (Lipinski definition) is 4. The molecule has 4 N–H and O–H groups in total. The number of likely N-dealkylation sites (tertiary alicyclic amines) is 1. The van der Waals surface area contributed by atoms with Crippen molar-refractivity contribution in [3.8, 4) is 11.8 Å². The van der Waals surface area contributed by atoms with Gasteiger partial charge in [-0.3, -0.25) is 10.0 Å². The van der Waals surface area contributed by atoms with Crippen LogP contribution in [0.15, 0.2) is 54.6 Å². The Morgan fingerprint density at radius 3 is 2.30 bits per heavy atom. The Morgan fingerprint density at radius 2 is 1.70 bits per heavy atom. The summed E-state index contributed by atoms with van der Waals surface area (Å²) < 4.78 is 0. The van der Waals surface area contributed by atoms with Gasteiger partial charge in [0.1, 0.15) is 6.04 Å². The molecule has 1 aliphatic rings. The Balaban J connectivity index is 1.59. The monoisotopic (exact) mass is 407 g/mol. The van der Waals surface area contributed by atoms with Crippen LogP contribution in [0.25, 0.3) is 0 Å². The van der Waals surface area contributed by atoms with Gasteiger partial charge in [-0.15, -0.1) is 0 Å². The first kappa shape index (κ1) is 21.4. The minimum absolute atomic E-state index is 0.184. The molecule has 0 saturated carbocycles. The highest BCUT2D eigenvalue weighted by atomic mass is 16.5. The molecule has 0 bridgehead atoms. The van der Waals surface area contributed by atoms with Crippen LogP contribution in [0.5, 0.6) is 0 Å². The van der Waals surface area contributed by atoms with E-state index in [1.807, 2.05) is 54.6 Å². The van der Waals surface area contributed by atoms with Crippen molar-refractivity contribution >= 4 is 11.9 Å². The molecule has 0 aromatic heterocycles. The van der Waals surface area contributed by atoms with E-state index in [1.54, 1.807) is 4.90 Å². The second-order valence-electron chi connectivity index (χ2n) is 7.31. The van der Waals surface area contributed by atoms with Crippen molar-refractivity contribution in [3.63, 3.8) is 0 Å². The normalized spacial score (nSPS) is 17.4. The van der Waals surface area contributed by atoms with Crippen LogP contribution in [-0.2, 0) is 4.79 Å². The van der Waals surface area contributed by atoms with Crippen molar-refractivity contribution in [2.24, 2.45) is 0 Å². The molecule has 1 unspecified atom stereocenters. The largest absolute Gasteiger partial charge is 0.391 e. The number of benzene rings is 2. The van der Waals surface area contributed by atoms with Crippen molar-refractivity contribution in [2.45, 2.75) is 31.4 Å². The van der Waals surface area contributed by atoms with E-state index in [4.69, 9.17) is 5.21 Å². The maximum atomic E-state index is 12.5. The van der Waals surface area contributed by atoms with Crippen LogP contribution in [0.3, 0.4) is 0 Å². The van der Waals surface area contributed by atoms with Gasteiger partial charge in [0, 0.05) is 30.1 Å². The standard InChI is InChI=1S/C23H25N3O4/c1-16(27)21(22(28)25-30)24-23(29)26-14-13-20(15-26)19-11-9-18(10-12-19)8-7-17-5-3-2-4-6-17/h2-6,9-12,16,20-21,27,30H,13-15H2,1H3,(H,24,29)(H,25,28)/t16-,20?,21+/m1/s1. The predicted octanol–water partition coefficient (Wildman–Crippen LogP) is 1.84. The molecule has 30 heavy (non-hydrogen) atoms. The second kappa shape index (κ2) is 9.92. The third-order valence-electron chi connectivity index (χ3n) is 5.14. The quantitative estimate of drug-likeness (QED) is 0.353. The van der Waals surface area contributed by atoms with Crippen LogP contribution >= 0.6 is 0 Å². The van der Waals surface area contributed by atoms with Crippen molar-refractivity contribution in [2.75, 3.05) is 13.1 Å². The van der Waals surface area contributed by atoms with E-state index in [9.17, 15) is 14.7 Å². The molecule has 1 aliphatic heterocycles. The van der Waals surface area contributed by atoms with Gasteiger partial charge in [0.25, 0.3) is 5.91 Å². The second-order valence-corrected chi connectivity index (χ2v) is 7.31. The third-order valence-corrected chi connectivity index (χ3v) is 5.14. The van der Waals surface area contributed by atoms with E-state index in [-0.39, 0.29) is 5.92 Å². The number of aliphatic hydroxyl groups excluding tert-OH is 1. The van der Waals surface area contributed by atoms with Gasteiger partial charge in [0.2, 0.25) is 0 Å². The summed E-state index contributed by atoms with van der Waals surface area (Å²) in [6.07, 6.45) is -0.336. The number of urea groups is 1. The highest BCUT2D eigenvalue weighted by Gasteiger charge is 2.31. The van der Waals surface area contributed by atoms with Gasteiger partial charge in [0.15, 0.2) is 0 Å². The SMILES string of the molecule is C[C@@H](O)[C@H](NC(=O)N1CCC(c2ccc(C#Cc3ccccc3)cc2)C1)C(=O)NO. The van der Waals surface area contributed by atoms with Gasteiger partial charge in [-0.25, -0.2) is 10.3 Å². The zero-order chi connectivity index (χ0) is 21.5. The zero-order valence-electron chi connectivity index (χ0n) is 16.7. The van der Waals surface area contributed by atoms with Gasteiger partial charge >= 0.3 is 6.03 Å². The fraction of sp³-hybridized carbons (Fsp3) is 0.304. The van der Waals surface area contributed by atoms with Gasteiger partial charge < -0.3 is 15.3 Å². The van der Waals surface area contributed by atoms with E-state index < -0.39 is 24.1 Å². The summed E-state index contributed by atoms with van der Waals surface area (Å²) in [6.45, 7) is 2.42. The Labute approximate surface area is 175 Å². The lowest BCUT2D eigenvalue weighted by Gasteiger charge is -2.23. The van der Waals surface area contributed by atoms with Crippen molar-refractivity contribution < 1.29 is 19.9 Å². The van der Waals surface area contributed by atoms with Crippen LogP contribution < -0.4 is 10.8 Å². The third kappa shape index (κ3) is 5.38. The molecule has 3 amide bonds. The van der Waals surface area contributed by atoms with Crippen LogP contribution in [0.4, 0.5) is 4.79 Å². The number of amides is 3. The number of aliphatic hydroxyl groups is 1. The Bertz CT molecular complexity index is 932. The van der Waals surface area contributed by atoms with E-state index >= 15 is 0 Å². The summed E-state index contributed by atoms with van der Waals surface area (Å²) >= 11 is 0. The summed E-state index contributed by atoms with van der Waals surface area (Å²) in [6, 6.07) is 16.1. The van der Waals surface area contributed by atoms with E-state index in [1.165, 1.54) is 12.4 Å². The predicted molar refractivity (Wildman–Crippen MR) is 112 cm³/mol. The van der Waals surface area contributed by atoms with Gasteiger partial charge in [0.05, 0.1) is 6.10 Å². The molecule has 2 aromatic carbocycles. The van der Waals surface area contributed by atoms with Crippen LogP contribution in [-0.4, -0.2) is 52.4 Å². The minimum atomic E-state index is -1.22. The molecule has 7 heteroatoms. The molecule has 1 heterocycles. The average Bonchev–Trinajstić information content (AvgIpc) is 3.26. The van der Waals surface area contributed by atoms with Crippen LogP contribution in [0.1, 0.15) is 36.0 Å². The molecule has 156 valence electrons. The van der Waals surface area contributed by atoms with E-state index in [0.717, 1.165) is 23.1 Å². The lowest BCUT2D eigenvalue weighted by atomic mass is 9.97. The van der Waals surface area contributed by atoms with Gasteiger partial charge in [-0.1, -0.05) is 42.2 Å². The van der Waals surface area contributed by atoms with Gasteiger partial charge in [-0.2, -0.15) is 0 Å². The first-order valence-electron chi connectivity index (χ1n) is 9.82. The fourth-order valence-corrected chi connectivity index (χ4v) is 3.42. The number of carbonyl (C=O) groups excluding carboxylic acids is 2. The maximum absolute atomic E-state index is 12.5. The molecule has 0 aliphatic carbocycles. The summed E-state index contributed by atoms with van der Waals surface area (Å²) in [5.74, 6) is 5.60. The smallest absolute Gasteiger partial charge is 0.318 e. The van der Waals surface area contributed by atoms with Crippen molar-refractivity contribution in [1.29, 1.82) is 0 Å². The first-order chi connectivity index (χ1) is 14.5. The Kier molecular flexibility index (Phi) is 7.07. The van der Waals surface area contributed by atoms with Crippen molar-refractivity contribution in [1.82, 2.24) is 15.7 Å². The highest BCUT2D eigenvalue weighted by molar-refractivity contribution is 5.87. The minimum Gasteiger partial charge on any atom is -0.391 e. The molecular formula is C23H25N3O4. The van der Waals surface area contributed by atoms with Crippen LogP contribution in [0.2, 0.25) is 0 Å². The molecule has 3 rings (SSSR count). The number of nitrogens with zero attached hydrogens (tertiary/aromatic N) is 1. The fourth-order valence-electron chi connectivity index (χ4n) is 3.42. The molecule has 3 atom stereocenters. The molecule has 0 radical (unpaired) electrons. The maximum Gasteiger partial charge on any atom is 0.318 e. The summed E-state index contributed by atoms with van der Waals surface area (Å²) in [7, 11) is 0. The van der Waals surface area contributed by atoms with E-state index in [0.29, 0.717) is 13.1 Å². The number of nitrogens with one attached hydrogen (secondary N) is 2. The summed E-state index contributed by atoms with van der Waals surface area (Å²) in [5.41, 5.74) is 4.46. The molecule has 2 aromatic rings. The highest BCUT2D eigenvalue weighted by Crippen LogP contribution is 2.27. The zero-order valence-corrected chi connectivity index (χ0v) is 16.7.